The summed E-state index contributed by atoms with van der Waals surface area (Å²) in [6.07, 6.45) is 5.08. The van der Waals surface area contributed by atoms with Gasteiger partial charge in [0.15, 0.2) is 12.4 Å². The van der Waals surface area contributed by atoms with Crippen LogP contribution in [0.3, 0.4) is 0 Å². The average molecular weight is 686 g/mol. The molecule has 2 amide bonds. The highest BCUT2D eigenvalue weighted by atomic mass is 79.9. The highest BCUT2D eigenvalue weighted by Gasteiger charge is 2.47. The van der Waals surface area contributed by atoms with Crippen LogP contribution < -0.4 is 4.90 Å². The van der Waals surface area contributed by atoms with Crippen molar-refractivity contribution in [3.63, 3.8) is 0 Å². The first-order valence-electron chi connectivity index (χ1n) is 15.4. The molecular formula is C39H29BrN2O5. The highest BCUT2D eigenvalue weighted by Crippen LogP contribution is 2.38. The van der Waals surface area contributed by atoms with Crippen LogP contribution in [0, 0.1) is 18.8 Å². The Morgan fingerprint density at radius 3 is 2.09 bits per heavy atom. The number of rotatable bonds is 7. The molecule has 0 saturated carbocycles. The lowest BCUT2D eigenvalue weighted by atomic mass is 9.85. The first kappa shape index (κ1) is 30.4. The minimum absolute atomic E-state index is 0.172. The predicted octanol–water partition coefficient (Wildman–Crippen LogP) is 8.14. The van der Waals surface area contributed by atoms with Crippen molar-refractivity contribution in [2.24, 2.45) is 11.8 Å². The maximum atomic E-state index is 13.6. The summed E-state index contributed by atoms with van der Waals surface area (Å²) in [4.78, 5) is 58.9. The van der Waals surface area contributed by atoms with E-state index >= 15 is 0 Å². The van der Waals surface area contributed by atoms with E-state index in [-0.39, 0.29) is 35.0 Å². The molecule has 5 aromatic rings. The van der Waals surface area contributed by atoms with Crippen LogP contribution in [0.1, 0.15) is 39.1 Å². The topological polar surface area (TPSA) is 93.6 Å². The number of allylic oxidation sites excluding steroid dienone is 2. The zero-order valence-corrected chi connectivity index (χ0v) is 27.1. The lowest BCUT2D eigenvalue weighted by Gasteiger charge is -2.16. The molecule has 1 aromatic heterocycles. The number of ether oxygens (including phenoxy) is 1. The number of anilines is 1. The molecule has 8 heteroatoms. The summed E-state index contributed by atoms with van der Waals surface area (Å²) in [6.45, 7) is 1.49. The third kappa shape index (κ3) is 5.81. The Morgan fingerprint density at radius 2 is 1.43 bits per heavy atom. The molecule has 2 unspecified atom stereocenters. The lowest BCUT2D eigenvalue weighted by molar-refractivity contribution is -0.122. The fraction of sp³-hybridized carbons (Fsp3) is 0.154. The molecule has 1 saturated heterocycles. The number of ketones is 1. The Hall–Kier alpha value is -5.21. The number of carbonyl (C=O) groups is 4. The Bertz CT molecular complexity index is 2060. The number of hydrogen-bond donors (Lipinski definition) is 0. The second kappa shape index (κ2) is 12.5. The molecule has 232 valence electrons. The van der Waals surface area contributed by atoms with Crippen molar-refractivity contribution in [1.82, 2.24) is 4.98 Å². The zero-order valence-electron chi connectivity index (χ0n) is 25.5. The standard InChI is InChI=1S/C39H29BrN2O5/c1-23-19-28(40)20-32-33(39(46)47-22-35(43)27-13-11-25(12-14-27)24-7-3-2-4-8-24)21-34(41-36(23)32)26-15-17-29(18-16-26)42-37(44)30-9-5-6-10-31(30)38(42)45/h2-8,11-21,30-31H,9-10,22H2,1H3. The molecule has 1 fully saturated rings. The zero-order chi connectivity index (χ0) is 32.7. The van der Waals surface area contributed by atoms with Gasteiger partial charge in [-0.25, -0.2) is 9.78 Å². The maximum absolute atomic E-state index is 13.6. The van der Waals surface area contributed by atoms with Crippen molar-refractivity contribution in [3.8, 4) is 22.4 Å². The number of Topliss-reactive ketones (excluding diaryl/α,β-unsaturated/α-hetero) is 1. The second-order valence-corrected chi connectivity index (χ2v) is 12.7. The Kier molecular flexibility index (Phi) is 8.12. The number of carbonyl (C=O) groups excluding carboxylic acids is 4. The normalized spacial score (nSPS) is 17.2. The minimum atomic E-state index is -0.647. The summed E-state index contributed by atoms with van der Waals surface area (Å²) < 4.78 is 6.35. The first-order chi connectivity index (χ1) is 22.8. The summed E-state index contributed by atoms with van der Waals surface area (Å²) in [5.74, 6) is -1.93. The third-order valence-electron chi connectivity index (χ3n) is 8.87. The molecule has 2 atom stereocenters. The largest absolute Gasteiger partial charge is 0.454 e. The fourth-order valence-electron chi connectivity index (χ4n) is 6.38. The van der Waals surface area contributed by atoms with Gasteiger partial charge >= 0.3 is 5.97 Å². The lowest BCUT2D eigenvalue weighted by Crippen LogP contribution is -2.30. The molecule has 0 N–H and O–H groups in total. The van der Waals surface area contributed by atoms with E-state index in [4.69, 9.17) is 9.72 Å². The van der Waals surface area contributed by atoms with Crippen LogP contribution in [-0.4, -0.2) is 35.2 Å². The van der Waals surface area contributed by atoms with Crippen molar-refractivity contribution in [2.75, 3.05) is 11.5 Å². The van der Waals surface area contributed by atoms with Crippen LogP contribution >= 0.6 is 15.9 Å². The molecule has 2 aliphatic rings. The van der Waals surface area contributed by atoms with Gasteiger partial charge in [-0.05, 0) is 66.8 Å². The van der Waals surface area contributed by atoms with E-state index in [1.807, 2.05) is 73.7 Å². The smallest absolute Gasteiger partial charge is 0.339 e. The Labute approximate surface area is 280 Å². The summed E-state index contributed by atoms with van der Waals surface area (Å²) >= 11 is 3.52. The van der Waals surface area contributed by atoms with Gasteiger partial charge in [-0.2, -0.15) is 0 Å². The van der Waals surface area contributed by atoms with Crippen molar-refractivity contribution < 1.29 is 23.9 Å². The van der Waals surface area contributed by atoms with E-state index in [1.165, 1.54) is 4.90 Å². The van der Waals surface area contributed by atoms with Crippen LogP contribution in [0.25, 0.3) is 33.3 Å². The molecule has 47 heavy (non-hydrogen) atoms. The van der Waals surface area contributed by atoms with Gasteiger partial charge in [0, 0.05) is 21.0 Å². The number of aryl methyl sites for hydroxylation is 1. The molecule has 7 nitrogen and oxygen atoms in total. The number of nitrogens with zero attached hydrogens (tertiary/aromatic N) is 2. The minimum Gasteiger partial charge on any atom is -0.454 e. The molecular weight excluding hydrogens is 656 g/mol. The van der Waals surface area contributed by atoms with E-state index in [1.54, 1.807) is 42.5 Å². The van der Waals surface area contributed by atoms with Crippen molar-refractivity contribution in [3.05, 3.63) is 130 Å². The molecule has 1 aliphatic heterocycles. The van der Waals surface area contributed by atoms with Gasteiger partial charge in [-0.15, -0.1) is 0 Å². The van der Waals surface area contributed by atoms with E-state index in [0.29, 0.717) is 46.3 Å². The van der Waals surface area contributed by atoms with Crippen molar-refractivity contribution in [1.29, 1.82) is 0 Å². The number of halogens is 1. The van der Waals surface area contributed by atoms with E-state index in [2.05, 4.69) is 15.9 Å². The van der Waals surface area contributed by atoms with Crippen molar-refractivity contribution >= 4 is 56.1 Å². The molecule has 0 spiro atoms. The maximum Gasteiger partial charge on any atom is 0.339 e. The van der Waals surface area contributed by atoms with E-state index < -0.39 is 12.6 Å². The summed E-state index contributed by atoms with van der Waals surface area (Å²) in [6, 6.07) is 29.5. The van der Waals surface area contributed by atoms with Crippen LogP contribution in [0.4, 0.5) is 5.69 Å². The number of fused-ring (bicyclic) bond motifs is 2. The van der Waals surface area contributed by atoms with Gasteiger partial charge < -0.3 is 4.74 Å². The molecule has 4 aromatic carbocycles. The van der Waals surface area contributed by atoms with Crippen LogP contribution in [0.2, 0.25) is 0 Å². The van der Waals surface area contributed by atoms with Crippen LogP contribution in [0.5, 0.6) is 0 Å². The molecule has 1 aliphatic carbocycles. The second-order valence-electron chi connectivity index (χ2n) is 11.8. The number of amides is 2. The summed E-state index contributed by atoms with van der Waals surface area (Å²) in [7, 11) is 0. The number of esters is 1. The monoisotopic (exact) mass is 684 g/mol. The van der Waals surface area contributed by atoms with Gasteiger partial charge in [0.2, 0.25) is 11.8 Å². The number of imide groups is 1. The van der Waals surface area contributed by atoms with Crippen LogP contribution in [0.15, 0.2) is 114 Å². The predicted molar refractivity (Wildman–Crippen MR) is 184 cm³/mol. The SMILES string of the molecule is Cc1cc(Br)cc2c(C(=O)OCC(=O)c3ccc(-c4ccccc4)cc3)cc(-c3ccc(N4C(=O)C5CC=CCC5C4=O)cc3)nc12. The fourth-order valence-corrected chi connectivity index (χ4v) is 6.95. The number of hydrogen-bond acceptors (Lipinski definition) is 6. The quantitative estimate of drug-likeness (QED) is 0.0744. The van der Waals surface area contributed by atoms with Gasteiger partial charge in [0.25, 0.3) is 0 Å². The van der Waals surface area contributed by atoms with Gasteiger partial charge in [-0.3, -0.25) is 19.3 Å². The average Bonchev–Trinajstić information content (AvgIpc) is 3.36. The number of pyridine rings is 1. The molecule has 0 bridgehead atoms. The molecule has 7 rings (SSSR count). The number of aromatic nitrogens is 1. The van der Waals surface area contributed by atoms with Gasteiger partial charge in [0.05, 0.1) is 34.3 Å². The van der Waals surface area contributed by atoms with Gasteiger partial charge in [-0.1, -0.05) is 94.8 Å². The van der Waals surface area contributed by atoms with E-state index in [0.717, 1.165) is 21.2 Å². The Balaban J connectivity index is 1.14. The van der Waals surface area contributed by atoms with Crippen LogP contribution in [-0.2, 0) is 14.3 Å². The number of benzene rings is 4. The molecule has 2 heterocycles. The first-order valence-corrected chi connectivity index (χ1v) is 16.2. The summed E-state index contributed by atoms with van der Waals surface area (Å²) in [5, 5.41) is 0.589. The summed E-state index contributed by atoms with van der Waals surface area (Å²) in [5.41, 5.74) is 5.93. The van der Waals surface area contributed by atoms with Gasteiger partial charge in [0.1, 0.15) is 0 Å². The van der Waals surface area contributed by atoms with Crippen molar-refractivity contribution in [2.45, 2.75) is 19.8 Å². The third-order valence-corrected chi connectivity index (χ3v) is 9.32. The van der Waals surface area contributed by atoms with E-state index in [9.17, 15) is 19.2 Å². The Morgan fingerprint density at radius 1 is 0.809 bits per heavy atom. The highest BCUT2D eigenvalue weighted by molar-refractivity contribution is 9.10. The molecule has 0 radical (unpaired) electrons.